The van der Waals surface area contributed by atoms with Crippen LogP contribution in [0.3, 0.4) is 0 Å². The van der Waals surface area contributed by atoms with E-state index in [2.05, 4.69) is 31.1 Å². The molecule has 19 heavy (non-hydrogen) atoms. The van der Waals surface area contributed by atoms with Crippen molar-refractivity contribution >= 4 is 0 Å². The van der Waals surface area contributed by atoms with E-state index in [1.54, 1.807) is 7.11 Å². The number of rotatable bonds is 10. The third-order valence-corrected chi connectivity index (χ3v) is 3.73. The van der Waals surface area contributed by atoms with Gasteiger partial charge in [0.25, 0.3) is 0 Å². The first-order chi connectivity index (χ1) is 9.08. The van der Waals surface area contributed by atoms with Gasteiger partial charge in [-0.25, -0.2) is 0 Å². The van der Waals surface area contributed by atoms with Gasteiger partial charge in [-0.1, -0.05) is 13.8 Å². The Balaban J connectivity index is 2.33. The Hall–Kier alpha value is -0.160. The van der Waals surface area contributed by atoms with Gasteiger partial charge in [0.15, 0.2) is 0 Å². The average Bonchev–Trinajstić information content (AvgIpc) is 2.77. The monoisotopic (exact) mass is 272 g/mol. The standard InChI is InChI=1S/C15H32N2O2/c1-14(2)10-16-11-15(6-9-19-13-15)12-17(3)7-5-8-18-4/h14,16H,5-13H2,1-4H3. The Morgan fingerprint density at radius 2 is 2.21 bits per heavy atom. The average molecular weight is 272 g/mol. The summed E-state index contributed by atoms with van der Waals surface area (Å²) in [5, 5.41) is 3.61. The van der Waals surface area contributed by atoms with Crippen molar-refractivity contribution in [1.82, 2.24) is 10.2 Å². The molecule has 0 radical (unpaired) electrons. The maximum atomic E-state index is 5.65. The molecule has 1 heterocycles. The molecule has 1 aliphatic heterocycles. The van der Waals surface area contributed by atoms with Crippen LogP contribution >= 0.6 is 0 Å². The van der Waals surface area contributed by atoms with Crippen molar-refractivity contribution in [2.75, 3.05) is 60.2 Å². The van der Waals surface area contributed by atoms with Gasteiger partial charge in [0.2, 0.25) is 0 Å². The van der Waals surface area contributed by atoms with E-state index in [1.807, 2.05) is 0 Å². The van der Waals surface area contributed by atoms with Crippen LogP contribution in [0.4, 0.5) is 0 Å². The van der Waals surface area contributed by atoms with Crippen LogP contribution in [-0.4, -0.2) is 65.1 Å². The molecule has 4 nitrogen and oxygen atoms in total. The van der Waals surface area contributed by atoms with E-state index in [0.29, 0.717) is 11.3 Å². The van der Waals surface area contributed by atoms with Gasteiger partial charge in [-0.15, -0.1) is 0 Å². The maximum absolute atomic E-state index is 5.65. The van der Waals surface area contributed by atoms with Crippen molar-refractivity contribution in [3.63, 3.8) is 0 Å². The number of methoxy groups -OCH3 is 1. The lowest BCUT2D eigenvalue weighted by Gasteiger charge is -2.33. The van der Waals surface area contributed by atoms with Gasteiger partial charge in [0.05, 0.1) is 6.61 Å². The summed E-state index contributed by atoms with van der Waals surface area (Å²) in [6.07, 6.45) is 2.27. The Kier molecular flexibility index (Phi) is 7.91. The summed E-state index contributed by atoms with van der Waals surface area (Å²) in [6, 6.07) is 0. The molecular formula is C15H32N2O2. The smallest absolute Gasteiger partial charge is 0.0547 e. The largest absolute Gasteiger partial charge is 0.385 e. The van der Waals surface area contributed by atoms with Gasteiger partial charge in [-0.05, 0) is 32.4 Å². The zero-order valence-corrected chi connectivity index (χ0v) is 13.2. The van der Waals surface area contributed by atoms with Gasteiger partial charge in [0.1, 0.15) is 0 Å². The Morgan fingerprint density at radius 1 is 1.42 bits per heavy atom. The molecule has 0 aliphatic carbocycles. The van der Waals surface area contributed by atoms with Crippen molar-refractivity contribution in [1.29, 1.82) is 0 Å². The fourth-order valence-corrected chi connectivity index (χ4v) is 2.73. The van der Waals surface area contributed by atoms with E-state index in [4.69, 9.17) is 9.47 Å². The number of hydrogen-bond acceptors (Lipinski definition) is 4. The highest BCUT2D eigenvalue weighted by Crippen LogP contribution is 2.28. The zero-order chi connectivity index (χ0) is 14.1. The first-order valence-electron chi connectivity index (χ1n) is 7.54. The van der Waals surface area contributed by atoms with Crippen molar-refractivity contribution in [3.05, 3.63) is 0 Å². The first kappa shape index (κ1) is 16.9. The van der Waals surface area contributed by atoms with Crippen LogP contribution in [0.25, 0.3) is 0 Å². The van der Waals surface area contributed by atoms with Crippen LogP contribution in [0.5, 0.6) is 0 Å². The van der Waals surface area contributed by atoms with Crippen LogP contribution < -0.4 is 5.32 Å². The highest BCUT2D eigenvalue weighted by atomic mass is 16.5. The van der Waals surface area contributed by atoms with Crippen LogP contribution in [0.2, 0.25) is 0 Å². The summed E-state index contributed by atoms with van der Waals surface area (Å²) in [5.74, 6) is 0.707. The summed E-state index contributed by atoms with van der Waals surface area (Å²) in [4.78, 5) is 2.42. The fraction of sp³-hybridized carbons (Fsp3) is 1.00. The molecule has 1 aliphatic rings. The van der Waals surface area contributed by atoms with Crippen molar-refractivity contribution in [2.45, 2.75) is 26.7 Å². The van der Waals surface area contributed by atoms with Gasteiger partial charge in [-0.2, -0.15) is 0 Å². The minimum atomic E-state index is 0.302. The van der Waals surface area contributed by atoms with Crippen molar-refractivity contribution in [2.24, 2.45) is 11.3 Å². The van der Waals surface area contributed by atoms with Crippen LogP contribution in [0, 0.1) is 11.3 Å². The van der Waals surface area contributed by atoms with Gasteiger partial charge < -0.3 is 19.7 Å². The predicted octanol–water partition coefficient (Wildman–Crippen LogP) is 1.61. The van der Waals surface area contributed by atoms with Crippen LogP contribution in [-0.2, 0) is 9.47 Å². The van der Waals surface area contributed by atoms with E-state index in [0.717, 1.165) is 52.4 Å². The number of nitrogens with one attached hydrogen (secondary N) is 1. The number of nitrogens with zero attached hydrogens (tertiary/aromatic N) is 1. The molecule has 0 aromatic carbocycles. The number of ether oxygens (including phenoxy) is 2. The SMILES string of the molecule is COCCCN(C)CC1(CNCC(C)C)CCOC1. The third-order valence-electron chi connectivity index (χ3n) is 3.73. The van der Waals surface area contributed by atoms with Gasteiger partial charge in [-0.3, -0.25) is 0 Å². The summed E-state index contributed by atoms with van der Waals surface area (Å²) >= 11 is 0. The normalized spacial score (nSPS) is 23.7. The minimum Gasteiger partial charge on any atom is -0.385 e. The molecule has 1 N–H and O–H groups in total. The summed E-state index contributed by atoms with van der Waals surface area (Å²) in [6.45, 7) is 11.5. The molecule has 1 saturated heterocycles. The van der Waals surface area contributed by atoms with E-state index >= 15 is 0 Å². The Morgan fingerprint density at radius 3 is 2.79 bits per heavy atom. The second-order valence-corrected chi connectivity index (χ2v) is 6.41. The molecule has 0 saturated carbocycles. The van der Waals surface area contributed by atoms with Crippen LogP contribution in [0.1, 0.15) is 26.7 Å². The highest BCUT2D eigenvalue weighted by molar-refractivity contribution is 4.88. The predicted molar refractivity (Wildman–Crippen MR) is 79.6 cm³/mol. The van der Waals surface area contributed by atoms with Crippen molar-refractivity contribution in [3.8, 4) is 0 Å². The molecule has 1 fully saturated rings. The molecule has 114 valence electrons. The summed E-state index contributed by atoms with van der Waals surface area (Å²) < 4.78 is 10.8. The molecule has 1 atom stereocenters. The second-order valence-electron chi connectivity index (χ2n) is 6.41. The number of hydrogen-bond donors (Lipinski definition) is 1. The maximum Gasteiger partial charge on any atom is 0.0547 e. The molecular weight excluding hydrogens is 240 g/mol. The summed E-state index contributed by atoms with van der Waals surface area (Å²) in [5.41, 5.74) is 0.302. The van der Waals surface area contributed by atoms with Crippen LogP contribution in [0.15, 0.2) is 0 Å². The molecule has 1 unspecified atom stereocenters. The third kappa shape index (κ3) is 6.70. The molecule has 1 rings (SSSR count). The van der Waals surface area contributed by atoms with E-state index < -0.39 is 0 Å². The van der Waals surface area contributed by atoms with E-state index in [-0.39, 0.29) is 0 Å². The Bertz CT molecular complexity index is 228. The lowest BCUT2D eigenvalue weighted by molar-refractivity contribution is 0.112. The quantitative estimate of drug-likeness (QED) is 0.613. The van der Waals surface area contributed by atoms with E-state index in [1.165, 1.54) is 6.42 Å². The molecule has 0 amide bonds. The summed E-state index contributed by atoms with van der Waals surface area (Å²) in [7, 11) is 3.97. The van der Waals surface area contributed by atoms with Gasteiger partial charge in [0, 0.05) is 45.4 Å². The topological polar surface area (TPSA) is 33.7 Å². The lowest BCUT2D eigenvalue weighted by atomic mass is 9.86. The molecule has 4 heteroatoms. The molecule has 0 bridgehead atoms. The molecule has 0 spiro atoms. The fourth-order valence-electron chi connectivity index (χ4n) is 2.73. The zero-order valence-electron chi connectivity index (χ0n) is 13.2. The van der Waals surface area contributed by atoms with E-state index in [9.17, 15) is 0 Å². The highest BCUT2D eigenvalue weighted by Gasteiger charge is 2.35. The Labute approximate surface area is 118 Å². The molecule has 0 aromatic heterocycles. The second kappa shape index (κ2) is 8.90. The first-order valence-corrected chi connectivity index (χ1v) is 7.54. The van der Waals surface area contributed by atoms with Crippen molar-refractivity contribution < 1.29 is 9.47 Å². The van der Waals surface area contributed by atoms with Gasteiger partial charge >= 0.3 is 0 Å². The lowest BCUT2D eigenvalue weighted by Crippen LogP contribution is -2.44. The minimum absolute atomic E-state index is 0.302. The molecule has 0 aromatic rings.